The highest BCUT2D eigenvalue weighted by atomic mass is 32.1. The van der Waals surface area contributed by atoms with Gasteiger partial charge in [-0.05, 0) is 12.3 Å². The molecule has 0 spiro atoms. The maximum atomic E-state index is 11.4. The molecule has 0 radical (unpaired) electrons. The molecular weight excluding hydrogens is 216 g/mol. The third kappa shape index (κ3) is 2.30. The van der Waals surface area contributed by atoms with Gasteiger partial charge in [0.15, 0.2) is 4.88 Å². The smallest absolute Gasteiger partial charge is 0.351 e. The lowest BCUT2D eigenvalue weighted by atomic mass is 10.3. The molecule has 1 aliphatic heterocycles. The molecule has 1 fully saturated rings. The van der Waals surface area contributed by atoms with Crippen LogP contribution in [0.15, 0.2) is 5.38 Å². The summed E-state index contributed by atoms with van der Waals surface area (Å²) in [5.41, 5.74) is 0.959. The lowest BCUT2D eigenvalue weighted by Gasteiger charge is -2.05. The van der Waals surface area contributed by atoms with E-state index in [1.54, 1.807) is 0 Å². The topological polar surface area (TPSA) is 48.1 Å². The third-order valence-corrected chi connectivity index (χ3v) is 3.16. The minimum Gasteiger partial charge on any atom is -0.489 e. The second kappa shape index (κ2) is 4.20. The molecule has 5 heteroatoms. The van der Waals surface area contributed by atoms with Crippen molar-refractivity contribution in [1.82, 2.24) is 0 Å². The summed E-state index contributed by atoms with van der Waals surface area (Å²) in [7, 11) is 1.37. The summed E-state index contributed by atoms with van der Waals surface area (Å²) in [5, 5.41) is 1.88. The summed E-state index contributed by atoms with van der Waals surface area (Å²) in [5.74, 6) is 0.280. The SMILES string of the molecule is COC(=O)c1scc(C)c1OCC1CO1. The molecule has 15 heavy (non-hydrogen) atoms. The second-order valence-corrected chi connectivity index (χ2v) is 4.21. The predicted molar refractivity (Wildman–Crippen MR) is 55.6 cm³/mol. The van der Waals surface area contributed by atoms with Crippen LogP contribution in [-0.2, 0) is 9.47 Å². The average molecular weight is 228 g/mol. The van der Waals surface area contributed by atoms with Gasteiger partial charge in [0.25, 0.3) is 0 Å². The van der Waals surface area contributed by atoms with Gasteiger partial charge in [-0.2, -0.15) is 0 Å². The fourth-order valence-electron chi connectivity index (χ4n) is 1.19. The van der Waals surface area contributed by atoms with Gasteiger partial charge < -0.3 is 14.2 Å². The van der Waals surface area contributed by atoms with Crippen molar-refractivity contribution >= 4 is 17.3 Å². The number of carbonyl (C=O) groups excluding carboxylic acids is 1. The molecule has 1 atom stereocenters. The van der Waals surface area contributed by atoms with Gasteiger partial charge in [-0.1, -0.05) is 0 Å². The van der Waals surface area contributed by atoms with Crippen LogP contribution in [0.5, 0.6) is 5.75 Å². The maximum absolute atomic E-state index is 11.4. The standard InChI is InChI=1S/C10H12O4S/c1-6-5-15-9(10(11)12-2)8(6)14-4-7-3-13-7/h5,7H,3-4H2,1-2H3. The predicted octanol–water partition coefficient (Wildman–Crippen LogP) is 1.62. The van der Waals surface area contributed by atoms with Crippen molar-refractivity contribution in [2.45, 2.75) is 13.0 Å². The second-order valence-electron chi connectivity index (χ2n) is 3.33. The van der Waals surface area contributed by atoms with Crippen molar-refractivity contribution in [3.63, 3.8) is 0 Å². The van der Waals surface area contributed by atoms with Gasteiger partial charge in [-0.3, -0.25) is 0 Å². The number of esters is 1. The molecule has 0 amide bonds. The van der Waals surface area contributed by atoms with E-state index in [0.717, 1.165) is 12.2 Å². The summed E-state index contributed by atoms with van der Waals surface area (Å²) in [6, 6.07) is 0. The largest absolute Gasteiger partial charge is 0.489 e. The van der Waals surface area contributed by atoms with E-state index in [1.165, 1.54) is 18.4 Å². The molecule has 1 aromatic rings. The quantitative estimate of drug-likeness (QED) is 0.580. The number of ether oxygens (including phenoxy) is 3. The molecule has 1 aliphatic rings. The highest BCUT2D eigenvalue weighted by molar-refractivity contribution is 7.12. The van der Waals surface area contributed by atoms with E-state index in [-0.39, 0.29) is 12.1 Å². The number of thiophene rings is 1. The molecule has 1 aromatic heterocycles. The molecule has 0 N–H and O–H groups in total. The van der Waals surface area contributed by atoms with Crippen LogP contribution in [0, 0.1) is 6.92 Å². The maximum Gasteiger partial charge on any atom is 0.351 e. The van der Waals surface area contributed by atoms with E-state index in [4.69, 9.17) is 9.47 Å². The zero-order valence-electron chi connectivity index (χ0n) is 8.61. The van der Waals surface area contributed by atoms with E-state index < -0.39 is 0 Å². The number of methoxy groups -OCH3 is 1. The van der Waals surface area contributed by atoms with E-state index in [1.807, 2.05) is 12.3 Å². The lowest BCUT2D eigenvalue weighted by Crippen LogP contribution is -2.08. The Hall–Kier alpha value is -1.07. The van der Waals surface area contributed by atoms with Gasteiger partial charge in [0, 0.05) is 5.56 Å². The number of rotatable bonds is 4. The number of hydrogen-bond acceptors (Lipinski definition) is 5. The molecule has 0 saturated carbocycles. The van der Waals surface area contributed by atoms with Crippen molar-refractivity contribution < 1.29 is 19.0 Å². The Morgan fingerprint density at radius 1 is 1.73 bits per heavy atom. The summed E-state index contributed by atoms with van der Waals surface area (Å²) in [6.45, 7) is 3.16. The van der Waals surface area contributed by atoms with Gasteiger partial charge in [-0.25, -0.2) is 4.79 Å². The molecule has 0 bridgehead atoms. The van der Waals surface area contributed by atoms with E-state index >= 15 is 0 Å². The normalized spacial score (nSPS) is 18.7. The Morgan fingerprint density at radius 2 is 2.47 bits per heavy atom. The molecule has 0 aromatic carbocycles. The molecule has 1 unspecified atom stereocenters. The fraction of sp³-hybridized carbons (Fsp3) is 0.500. The third-order valence-electron chi connectivity index (χ3n) is 2.10. The van der Waals surface area contributed by atoms with Crippen LogP contribution in [-0.4, -0.2) is 32.4 Å². The first-order chi connectivity index (χ1) is 7.22. The summed E-state index contributed by atoms with van der Waals surface area (Å²) in [4.78, 5) is 11.9. The van der Waals surface area contributed by atoms with Gasteiger partial charge in [-0.15, -0.1) is 11.3 Å². The van der Waals surface area contributed by atoms with Crippen molar-refractivity contribution in [3.8, 4) is 5.75 Å². The zero-order valence-corrected chi connectivity index (χ0v) is 9.43. The Morgan fingerprint density at radius 3 is 3.07 bits per heavy atom. The highest BCUT2D eigenvalue weighted by Gasteiger charge is 2.25. The zero-order chi connectivity index (χ0) is 10.8. The summed E-state index contributed by atoms with van der Waals surface area (Å²) in [6.07, 6.45) is 0.190. The number of carbonyl (C=O) groups is 1. The molecule has 2 heterocycles. The van der Waals surface area contributed by atoms with Gasteiger partial charge in [0.1, 0.15) is 18.5 Å². The molecule has 0 aliphatic carbocycles. The minimum absolute atomic E-state index is 0.190. The van der Waals surface area contributed by atoms with Crippen molar-refractivity contribution in [2.75, 3.05) is 20.3 Å². The van der Waals surface area contributed by atoms with Gasteiger partial charge >= 0.3 is 5.97 Å². The van der Waals surface area contributed by atoms with Crippen LogP contribution in [0.2, 0.25) is 0 Å². The molecule has 2 rings (SSSR count). The van der Waals surface area contributed by atoms with Crippen LogP contribution >= 0.6 is 11.3 Å². The van der Waals surface area contributed by atoms with Crippen molar-refractivity contribution in [3.05, 3.63) is 15.8 Å². The van der Waals surface area contributed by atoms with Crippen LogP contribution in [0.25, 0.3) is 0 Å². The van der Waals surface area contributed by atoms with Crippen LogP contribution in [0.1, 0.15) is 15.2 Å². The Bertz CT molecular complexity index is 367. The Kier molecular flexibility index (Phi) is 2.93. The number of epoxide rings is 1. The monoisotopic (exact) mass is 228 g/mol. The molecule has 4 nitrogen and oxygen atoms in total. The van der Waals surface area contributed by atoms with Crippen LogP contribution < -0.4 is 4.74 Å². The first-order valence-corrected chi connectivity index (χ1v) is 5.51. The molecule has 1 saturated heterocycles. The Balaban J connectivity index is 2.11. The molecular formula is C10H12O4S. The Labute approximate surface area is 91.8 Å². The first kappa shape index (κ1) is 10.4. The fourth-order valence-corrected chi connectivity index (χ4v) is 2.10. The first-order valence-electron chi connectivity index (χ1n) is 4.63. The number of hydrogen-bond donors (Lipinski definition) is 0. The van der Waals surface area contributed by atoms with Crippen LogP contribution in [0.3, 0.4) is 0 Å². The van der Waals surface area contributed by atoms with Crippen molar-refractivity contribution in [2.24, 2.45) is 0 Å². The average Bonchev–Trinajstić information content (AvgIpc) is 2.99. The van der Waals surface area contributed by atoms with E-state index in [9.17, 15) is 4.79 Å². The van der Waals surface area contributed by atoms with E-state index in [0.29, 0.717) is 17.2 Å². The van der Waals surface area contributed by atoms with Crippen molar-refractivity contribution in [1.29, 1.82) is 0 Å². The van der Waals surface area contributed by atoms with Gasteiger partial charge in [0.05, 0.1) is 13.7 Å². The minimum atomic E-state index is -0.347. The summed E-state index contributed by atoms with van der Waals surface area (Å²) < 4.78 is 15.2. The van der Waals surface area contributed by atoms with Gasteiger partial charge in [0.2, 0.25) is 0 Å². The number of aryl methyl sites for hydroxylation is 1. The lowest BCUT2D eigenvalue weighted by molar-refractivity contribution is 0.0601. The highest BCUT2D eigenvalue weighted by Crippen LogP contribution is 2.31. The van der Waals surface area contributed by atoms with E-state index in [2.05, 4.69) is 4.74 Å². The molecule has 82 valence electrons. The van der Waals surface area contributed by atoms with Crippen LogP contribution in [0.4, 0.5) is 0 Å². The summed E-state index contributed by atoms with van der Waals surface area (Å²) >= 11 is 1.34.